The summed E-state index contributed by atoms with van der Waals surface area (Å²) in [5.74, 6) is 2.26. The molecule has 2 aromatic rings. The van der Waals surface area contributed by atoms with Gasteiger partial charge in [0.15, 0.2) is 0 Å². The molecule has 0 spiro atoms. The van der Waals surface area contributed by atoms with E-state index in [0.717, 1.165) is 12.8 Å². The van der Waals surface area contributed by atoms with Gasteiger partial charge in [-0.2, -0.15) is 15.0 Å². The van der Waals surface area contributed by atoms with E-state index in [1.807, 2.05) is 6.92 Å². The number of hydrogen-bond acceptors (Lipinski definition) is 5. The van der Waals surface area contributed by atoms with Crippen molar-refractivity contribution >= 4 is 11.9 Å². The number of nitrogens with two attached hydrogens (primary N) is 1. The molecule has 0 bridgehead atoms. The van der Waals surface area contributed by atoms with E-state index in [1.54, 1.807) is 0 Å². The van der Waals surface area contributed by atoms with Gasteiger partial charge in [-0.05, 0) is 51.0 Å². The molecule has 3 N–H and O–H groups in total. The molecule has 0 amide bonds. The van der Waals surface area contributed by atoms with Crippen molar-refractivity contribution in [1.29, 1.82) is 0 Å². The molecule has 1 aromatic carbocycles. The fourth-order valence-electron chi connectivity index (χ4n) is 3.19. The second-order valence-electron chi connectivity index (χ2n) is 6.53. The van der Waals surface area contributed by atoms with E-state index >= 15 is 0 Å². The SMILES string of the molecule is Cc1cccc(CCC(Nc2nc(C)nc(N)n2)C2CCC2)c1. The first kappa shape index (κ1) is 15.7. The third kappa shape index (κ3) is 4.18. The van der Waals surface area contributed by atoms with Crippen molar-refractivity contribution in [3.05, 3.63) is 41.2 Å². The summed E-state index contributed by atoms with van der Waals surface area (Å²) in [6.07, 6.45) is 6.04. The summed E-state index contributed by atoms with van der Waals surface area (Å²) in [6, 6.07) is 9.14. The van der Waals surface area contributed by atoms with Crippen LogP contribution in [0.15, 0.2) is 24.3 Å². The average molecular weight is 311 g/mol. The van der Waals surface area contributed by atoms with E-state index in [-0.39, 0.29) is 5.95 Å². The normalized spacial score (nSPS) is 15.9. The minimum atomic E-state index is 0.283. The second-order valence-corrected chi connectivity index (χ2v) is 6.53. The monoisotopic (exact) mass is 311 g/mol. The summed E-state index contributed by atoms with van der Waals surface area (Å²) < 4.78 is 0. The molecule has 1 fully saturated rings. The zero-order valence-corrected chi connectivity index (χ0v) is 13.9. The lowest BCUT2D eigenvalue weighted by Gasteiger charge is -2.34. The lowest BCUT2D eigenvalue weighted by Crippen LogP contribution is -2.35. The number of nitrogens with zero attached hydrogens (tertiary/aromatic N) is 3. The Labute approximate surface area is 137 Å². The number of benzene rings is 1. The van der Waals surface area contributed by atoms with E-state index in [4.69, 9.17) is 5.73 Å². The molecule has 3 rings (SSSR count). The fourth-order valence-corrected chi connectivity index (χ4v) is 3.19. The van der Waals surface area contributed by atoms with E-state index in [1.165, 1.54) is 30.4 Å². The number of hydrogen-bond donors (Lipinski definition) is 2. The van der Waals surface area contributed by atoms with E-state index < -0.39 is 0 Å². The van der Waals surface area contributed by atoms with Crippen molar-refractivity contribution < 1.29 is 0 Å². The minimum absolute atomic E-state index is 0.283. The van der Waals surface area contributed by atoms with E-state index in [9.17, 15) is 0 Å². The summed E-state index contributed by atoms with van der Waals surface area (Å²) in [5.41, 5.74) is 8.44. The van der Waals surface area contributed by atoms with Gasteiger partial charge in [0.2, 0.25) is 11.9 Å². The van der Waals surface area contributed by atoms with Crippen molar-refractivity contribution in [1.82, 2.24) is 15.0 Å². The summed E-state index contributed by atoms with van der Waals surface area (Å²) in [4.78, 5) is 12.6. The van der Waals surface area contributed by atoms with Crippen molar-refractivity contribution in [3.63, 3.8) is 0 Å². The Kier molecular flexibility index (Phi) is 4.74. The highest BCUT2D eigenvalue weighted by Gasteiger charge is 2.27. The third-order valence-corrected chi connectivity index (χ3v) is 4.62. The molecule has 1 atom stereocenters. The first-order valence-electron chi connectivity index (χ1n) is 8.40. The van der Waals surface area contributed by atoms with Crippen LogP contribution in [0.2, 0.25) is 0 Å². The Balaban J connectivity index is 1.68. The number of nitrogens with one attached hydrogen (secondary N) is 1. The Hall–Kier alpha value is -2.17. The van der Waals surface area contributed by atoms with Gasteiger partial charge in [0.1, 0.15) is 5.82 Å². The van der Waals surface area contributed by atoms with E-state index in [0.29, 0.717) is 23.7 Å². The number of rotatable bonds is 6. The van der Waals surface area contributed by atoms with Crippen molar-refractivity contribution in [2.45, 2.75) is 52.0 Å². The maximum Gasteiger partial charge on any atom is 0.227 e. The quantitative estimate of drug-likeness (QED) is 0.856. The van der Waals surface area contributed by atoms with Gasteiger partial charge in [0.05, 0.1) is 0 Å². The molecule has 1 unspecified atom stereocenters. The summed E-state index contributed by atoms with van der Waals surface area (Å²) in [7, 11) is 0. The van der Waals surface area contributed by atoms with Crippen LogP contribution in [0.4, 0.5) is 11.9 Å². The van der Waals surface area contributed by atoms with Crippen molar-refractivity contribution in [2.24, 2.45) is 5.92 Å². The lowest BCUT2D eigenvalue weighted by atomic mass is 9.78. The zero-order valence-electron chi connectivity index (χ0n) is 13.9. The fraction of sp³-hybridized carbons (Fsp3) is 0.500. The predicted octanol–water partition coefficient (Wildman–Crippen LogP) is 3.28. The topological polar surface area (TPSA) is 76.7 Å². The Bertz CT molecular complexity index is 646. The predicted molar refractivity (Wildman–Crippen MR) is 93.2 cm³/mol. The molecule has 1 saturated carbocycles. The summed E-state index contributed by atoms with van der Waals surface area (Å²) in [6.45, 7) is 3.98. The standard InChI is InChI=1S/C18H25N5/c1-12-5-3-6-14(11-12)9-10-16(15-7-4-8-15)22-18-21-13(2)20-17(19)23-18/h3,5-6,11,15-16H,4,7-10H2,1-2H3,(H3,19,20,21,22,23). The molecule has 5 heteroatoms. The van der Waals surface area contributed by atoms with Gasteiger partial charge in [-0.15, -0.1) is 0 Å². The molecular formula is C18H25N5. The highest BCUT2D eigenvalue weighted by atomic mass is 15.2. The smallest absolute Gasteiger partial charge is 0.227 e. The number of aryl methyl sites for hydroxylation is 3. The first-order chi connectivity index (χ1) is 11.1. The Morgan fingerprint density at radius 3 is 2.70 bits per heavy atom. The number of aromatic nitrogens is 3. The Morgan fingerprint density at radius 1 is 1.22 bits per heavy atom. The zero-order chi connectivity index (χ0) is 16.2. The van der Waals surface area contributed by atoms with Crippen molar-refractivity contribution in [3.8, 4) is 0 Å². The largest absolute Gasteiger partial charge is 0.368 e. The van der Waals surface area contributed by atoms with Gasteiger partial charge in [0.25, 0.3) is 0 Å². The number of anilines is 2. The average Bonchev–Trinajstić information content (AvgIpc) is 2.42. The van der Waals surface area contributed by atoms with Crippen LogP contribution in [0, 0.1) is 19.8 Å². The first-order valence-corrected chi connectivity index (χ1v) is 8.40. The van der Waals surface area contributed by atoms with Crippen molar-refractivity contribution in [2.75, 3.05) is 11.1 Å². The highest BCUT2D eigenvalue weighted by Crippen LogP contribution is 2.33. The second kappa shape index (κ2) is 6.94. The van der Waals surface area contributed by atoms with Gasteiger partial charge in [0, 0.05) is 6.04 Å². The summed E-state index contributed by atoms with van der Waals surface area (Å²) >= 11 is 0. The molecule has 0 aliphatic heterocycles. The molecular weight excluding hydrogens is 286 g/mol. The molecule has 1 heterocycles. The highest BCUT2D eigenvalue weighted by molar-refractivity contribution is 5.32. The maximum atomic E-state index is 5.74. The van der Waals surface area contributed by atoms with E-state index in [2.05, 4.69) is 51.5 Å². The molecule has 0 saturated heterocycles. The molecule has 5 nitrogen and oxygen atoms in total. The maximum absolute atomic E-state index is 5.74. The van der Waals surface area contributed by atoms with Crippen LogP contribution >= 0.6 is 0 Å². The number of nitrogen functional groups attached to an aromatic ring is 1. The van der Waals surface area contributed by atoms with Gasteiger partial charge in [-0.1, -0.05) is 36.2 Å². The van der Waals surface area contributed by atoms with Crippen LogP contribution in [-0.2, 0) is 6.42 Å². The summed E-state index contributed by atoms with van der Waals surface area (Å²) in [5, 5.41) is 3.51. The van der Waals surface area contributed by atoms with Crippen LogP contribution in [0.1, 0.15) is 42.6 Å². The van der Waals surface area contributed by atoms with Crippen LogP contribution in [0.3, 0.4) is 0 Å². The van der Waals surface area contributed by atoms with Crippen LogP contribution < -0.4 is 11.1 Å². The molecule has 1 aliphatic carbocycles. The lowest BCUT2D eigenvalue weighted by molar-refractivity contribution is 0.265. The van der Waals surface area contributed by atoms with Gasteiger partial charge >= 0.3 is 0 Å². The molecule has 1 aromatic heterocycles. The molecule has 0 radical (unpaired) electrons. The van der Waals surface area contributed by atoms with Gasteiger partial charge in [-0.25, -0.2) is 0 Å². The van der Waals surface area contributed by atoms with Crippen LogP contribution in [-0.4, -0.2) is 21.0 Å². The van der Waals surface area contributed by atoms with Crippen LogP contribution in [0.5, 0.6) is 0 Å². The molecule has 23 heavy (non-hydrogen) atoms. The van der Waals surface area contributed by atoms with Crippen LogP contribution in [0.25, 0.3) is 0 Å². The Morgan fingerprint density at radius 2 is 2.04 bits per heavy atom. The third-order valence-electron chi connectivity index (χ3n) is 4.62. The molecule has 122 valence electrons. The minimum Gasteiger partial charge on any atom is -0.368 e. The molecule has 1 aliphatic rings. The van der Waals surface area contributed by atoms with Gasteiger partial charge in [-0.3, -0.25) is 0 Å². The van der Waals surface area contributed by atoms with Gasteiger partial charge < -0.3 is 11.1 Å².